The Morgan fingerprint density at radius 2 is 1.87 bits per heavy atom. The average Bonchev–Trinajstić information content (AvgIpc) is 2.80. The molecule has 1 aliphatic heterocycles. The predicted octanol–water partition coefficient (Wildman–Crippen LogP) is 3.79. The topological polar surface area (TPSA) is 90.3 Å². The van der Waals surface area contributed by atoms with E-state index in [1.807, 2.05) is 24.3 Å². The molecule has 0 saturated carbocycles. The van der Waals surface area contributed by atoms with E-state index in [0.717, 1.165) is 43.4 Å². The molecule has 0 radical (unpaired) electrons. The van der Waals surface area contributed by atoms with Gasteiger partial charge in [0.15, 0.2) is 0 Å². The number of para-hydroxylation sites is 2. The molecule has 0 unspecified atom stereocenters. The van der Waals surface area contributed by atoms with Gasteiger partial charge in [-0.1, -0.05) is 18.2 Å². The molecule has 2 N–H and O–H groups in total. The monoisotopic (exact) mass is 399 g/mol. The van der Waals surface area contributed by atoms with E-state index in [1.165, 1.54) is 0 Å². The fourth-order valence-electron chi connectivity index (χ4n) is 3.28. The highest BCUT2D eigenvalue weighted by Gasteiger charge is 2.15. The predicted molar refractivity (Wildman–Crippen MR) is 116 cm³/mol. The van der Waals surface area contributed by atoms with Crippen LogP contribution in [0.4, 0.5) is 22.7 Å². The van der Waals surface area contributed by atoms with Crippen molar-refractivity contribution < 1.29 is 9.53 Å². The van der Waals surface area contributed by atoms with Crippen LogP contribution in [0.1, 0.15) is 16.1 Å². The van der Waals surface area contributed by atoms with Gasteiger partial charge in [-0.2, -0.15) is 5.26 Å². The van der Waals surface area contributed by atoms with E-state index in [-0.39, 0.29) is 5.91 Å². The summed E-state index contributed by atoms with van der Waals surface area (Å²) in [6.07, 6.45) is 1.64. The van der Waals surface area contributed by atoms with Crippen molar-refractivity contribution in [1.82, 2.24) is 4.98 Å². The Labute approximate surface area is 174 Å². The third-order valence-corrected chi connectivity index (χ3v) is 4.78. The molecule has 2 aromatic carbocycles. The number of pyridine rings is 1. The summed E-state index contributed by atoms with van der Waals surface area (Å²) < 4.78 is 5.44. The Morgan fingerprint density at radius 3 is 2.63 bits per heavy atom. The Morgan fingerprint density at radius 1 is 1.03 bits per heavy atom. The summed E-state index contributed by atoms with van der Waals surface area (Å²) in [6.45, 7) is 3.14. The molecular weight excluding hydrogens is 378 g/mol. The summed E-state index contributed by atoms with van der Waals surface area (Å²) in [5.74, 6) is -0.328. The molecule has 1 saturated heterocycles. The van der Waals surface area contributed by atoms with Gasteiger partial charge in [0.05, 0.1) is 48.1 Å². The van der Waals surface area contributed by atoms with Crippen molar-refractivity contribution in [3.05, 3.63) is 78.1 Å². The Balaban J connectivity index is 1.45. The van der Waals surface area contributed by atoms with Gasteiger partial charge in [-0.15, -0.1) is 0 Å². The lowest BCUT2D eigenvalue weighted by Gasteiger charge is -2.30. The number of amides is 1. The molecule has 1 amide bonds. The Bertz CT molecular complexity index is 1070. The highest BCUT2D eigenvalue weighted by atomic mass is 16.5. The minimum atomic E-state index is -0.328. The number of benzene rings is 2. The van der Waals surface area contributed by atoms with Crippen molar-refractivity contribution in [2.75, 3.05) is 41.8 Å². The van der Waals surface area contributed by atoms with Gasteiger partial charge in [0.25, 0.3) is 5.91 Å². The number of anilines is 4. The maximum atomic E-state index is 12.4. The highest BCUT2D eigenvalue weighted by Crippen LogP contribution is 2.29. The lowest BCUT2D eigenvalue weighted by atomic mass is 10.2. The zero-order valence-electron chi connectivity index (χ0n) is 16.3. The zero-order valence-corrected chi connectivity index (χ0v) is 16.3. The molecule has 3 aromatic rings. The number of hydrogen-bond donors (Lipinski definition) is 2. The molecule has 0 aliphatic carbocycles. The summed E-state index contributed by atoms with van der Waals surface area (Å²) in [5.41, 5.74) is 4.22. The largest absolute Gasteiger partial charge is 0.378 e. The van der Waals surface area contributed by atoms with Crippen molar-refractivity contribution in [2.45, 2.75) is 0 Å². The van der Waals surface area contributed by atoms with Gasteiger partial charge in [-0.05, 0) is 42.5 Å². The molecule has 4 rings (SSSR count). The summed E-state index contributed by atoms with van der Waals surface area (Å²) in [6, 6.07) is 20.4. The Hall–Kier alpha value is -3.89. The lowest BCUT2D eigenvalue weighted by molar-refractivity contribution is 0.102. The van der Waals surface area contributed by atoms with Crippen molar-refractivity contribution in [3.63, 3.8) is 0 Å². The summed E-state index contributed by atoms with van der Waals surface area (Å²) in [4.78, 5) is 19.0. The van der Waals surface area contributed by atoms with Crippen LogP contribution >= 0.6 is 0 Å². The van der Waals surface area contributed by atoms with E-state index in [1.54, 1.807) is 36.5 Å². The summed E-state index contributed by atoms with van der Waals surface area (Å²) in [5, 5.41) is 15.1. The van der Waals surface area contributed by atoms with Gasteiger partial charge < -0.3 is 20.3 Å². The molecule has 0 atom stereocenters. The fraction of sp³-hybridized carbons (Fsp3) is 0.174. The zero-order chi connectivity index (χ0) is 20.8. The molecule has 1 fully saturated rings. The number of hydrogen-bond acceptors (Lipinski definition) is 6. The third kappa shape index (κ3) is 4.57. The average molecular weight is 399 g/mol. The van der Waals surface area contributed by atoms with Crippen LogP contribution in [0.5, 0.6) is 0 Å². The van der Waals surface area contributed by atoms with E-state index >= 15 is 0 Å². The first-order chi connectivity index (χ1) is 14.7. The smallest absolute Gasteiger partial charge is 0.274 e. The van der Waals surface area contributed by atoms with Crippen molar-refractivity contribution in [2.24, 2.45) is 0 Å². The minimum Gasteiger partial charge on any atom is -0.378 e. The molecule has 1 aromatic heterocycles. The van der Waals surface area contributed by atoms with E-state index in [4.69, 9.17) is 10.00 Å². The SMILES string of the molecule is N#Cc1cccc(NC(=O)c2ccc(Nc3ccccc3N3CCOCC3)cn2)c1. The van der Waals surface area contributed by atoms with Crippen LogP contribution in [0.3, 0.4) is 0 Å². The molecule has 7 heteroatoms. The standard InChI is InChI=1S/C23H21N5O2/c24-15-17-4-3-5-18(14-17)27-23(29)21-9-8-19(16-25-21)26-20-6-1-2-7-22(20)28-10-12-30-13-11-28/h1-9,14,16,26H,10-13H2,(H,27,29). The van der Waals surface area contributed by atoms with Gasteiger partial charge in [0.2, 0.25) is 0 Å². The number of morpholine rings is 1. The minimum absolute atomic E-state index is 0.296. The van der Waals surface area contributed by atoms with Crippen molar-refractivity contribution >= 4 is 28.7 Å². The van der Waals surface area contributed by atoms with Crippen molar-refractivity contribution in [3.8, 4) is 6.07 Å². The van der Waals surface area contributed by atoms with Gasteiger partial charge in [-0.25, -0.2) is 4.98 Å². The maximum Gasteiger partial charge on any atom is 0.274 e. The first-order valence-corrected chi connectivity index (χ1v) is 9.69. The van der Waals surface area contributed by atoms with Gasteiger partial charge in [0, 0.05) is 18.8 Å². The molecule has 1 aliphatic rings. The highest BCUT2D eigenvalue weighted by molar-refractivity contribution is 6.03. The van der Waals surface area contributed by atoms with E-state index in [2.05, 4.69) is 32.7 Å². The van der Waals surface area contributed by atoms with Crippen molar-refractivity contribution in [1.29, 1.82) is 5.26 Å². The van der Waals surface area contributed by atoms with E-state index in [9.17, 15) is 4.79 Å². The number of carbonyl (C=O) groups is 1. The number of nitriles is 1. The number of carbonyl (C=O) groups excluding carboxylic acids is 1. The molecule has 150 valence electrons. The van der Waals surface area contributed by atoms with Gasteiger partial charge in [-0.3, -0.25) is 4.79 Å². The van der Waals surface area contributed by atoms with Crippen LogP contribution in [0.2, 0.25) is 0 Å². The second-order valence-corrected chi connectivity index (χ2v) is 6.82. The molecule has 7 nitrogen and oxygen atoms in total. The normalized spacial score (nSPS) is 13.4. The Kier molecular flexibility index (Phi) is 5.88. The maximum absolute atomic E-state index is 12.4. The molecule has 0 bridgehead atoms. The van der Waals surface area contributed by atoms with Crippen LogP contribution in [0, 0.1) is 11.3 Å². The van der Waals surface area contributed by atoms with Crippen LogP contribution in [-0.2, 0) is 4.74 Å². The number of ether oxygens (including phenoxy) is 1. The van der Waals surface area contributed by atoms with Crippen LogP contribution in [-0.4, -0.2) is 37.2 Å². The van der Waals surface area contributed by atoms with E-state index in [0.29, 0.717) is 16.9 Å². The first-order valence-electron chi connectivity index (χ1n) is 9.69. The number of rotatable bonds is 5. The third-order valence-electron chi connectivity index (χ3n) is 4.78. The molecule has 2 heterocycles. The first kappa shape index (κ1) is 19.4. The second-order valence-electron chi connectivity index (χ2n) is 6.82. The van der Waals surface area contributed by atoms with Crippen LogP contribution in [0.25, 0.3) is 0 Å². The lowest BCUT2D eigenvalue weighted by Crippen LogP contribution is -2.36. The fourth-order valence-corrected chi connectivity index (χ4v) is 3.28. The quantitative estimate of drug-likeness (QED) is 0.678. The van der Waals surface area contributed by atoms with Crippen LogP contribution < -0.4 is 15.5 Å². The van der Waals surface area contributed by atoms with Gasteiger partial charge >= 0.3 is 0 Å². The number of nitrogens with zero attached hydrogens (tertiary/aromatic N) is 3. The van der Waals surface area contributed by atoms with E-state index < -0.39 is 0 Å². The molecular formula is C23H21N5O2. The number of aromatic nitrogens is 1. The van der Waals surface area contributed by atoms with Crippen LogP contribution in [0.15, 0.2) is 66.9 Å². The molecule has 30 heavy (non-hydrogen) atoms. The summed E-state index contributed by atoms with van der Waals surface area (Å²) >= 11 is 0. The molecule has 0 spiro atoms. The number of nitrogens with one attached hydrogen (secondary N) is 2. The second kappa shape index (κ2) is 9.07. The van der Waals surface area contributed by atoms with Gasteiger partial charge in [0.1, 0.15) is 5.69 Å². The summed E-state index contributed by atoms with van der Waals surface area (Å²) in [7, 11) is 0.